The van der Waals surface area contributed by atoms with Crippen molar-refractivity contribution in [1.29, 1.82) is 0 Å². The number of carboxylic acid groups (broad SMARTS) is 1. The number of carboxylic acids is 1. The van der Waals surface area contributed by atoms with Gasteiger partial charge in [-0.05, 0) is 53.9 Å². The van der Waals surface area contributed by atoms with Crippen LogP contribution in [0.25, 0.3) is 0 Å². The Morgan fingerprint density at radius 1 is 1.47 bits per heavy atom. The highest BCUT2D eigenvalue weighted by Crippen LogP contribution is 2.36. The molecule has 1 heterocycles. The number of benzene rings is 1. The zero-order valence-corrected chi connectivity index (χ0v) is 13.5. The molecule has 1 unspecified atom stereocenters. The van der Waals surface area contributed by atoms with Crippen LogP contribution in [0, 0.1) is 5.92 Å². The molecule has 0 aliphatic carbocycles. The van der Waals surface area contributed by atoms with Crippen molar-refractivity contribution in [1.82, 2.24) is 0 Å². The van der Waals surface area contributed by atoms with E-state index in [0.717, 1.165) is 10.0 Å². The topological polar surface area (TPSA) is 37.3 Å². The normalized spacial score (nSPS) is 18.2. The van der Waals surface area contributed by atoms with Crippen molar-refractivity contribution in [2.75, 3.05) is 11.5 Å². The first-order valence-electron chi connectivity index (χ1n) is 6.67. The summed E-state index contributed by atoms with van der Waals surface area (Å²) in [5.41, 5.74) is 2.47. The van der Waals surface area contributed by atoms with Gasteiger partial charge in [0, 0.05) is 4.47 Å². The van der Waals surface area contributed by atoms with E-state index in [1.54, 1.807) is 6.92 Å². The highest BCUT2D eigenvalue weighted by molar-refractivity contribution is 9.10. The van der Waals surface area contributed by atoms with Crippen molar-refractivity contribution in [3.63, 3.8) is 0 Å². The van der Waals surface area contributed by atoms with Gasteiger partial charge in [0.25, 0.3) is 0 Å². The zero-order valence-electron chi connectivity index (χ0n) is 11.1. The summed E-state index contributed by atoms with van der Waals surface area (Å²) in [6.07, 6.45) is 3.08. The third-order valence-electron chi connectivity index (χ3n) is 3.69. The van der Waals surface area contributed by atoms with Gasteiger partial charge >= 0.3 is 5.97 Å². The van der Waals surface area contributed by atoms with Crippen LogP contribution in [0.2, 0.25) is 0 Å². The van der Waals surface area contributed by atoms with Gasteiger partial charge in [0.1, 0.15) is 0 Å². The summed E-state index contributed by atoms with van der Waals surface area (Å²) in [6, 6.07) is 6.35. The molecular formula is C15H19BrO2S. The molecule has 0 aromatic heterocycles. The predicted octanol–water partition coefficient (Wildman–Crippen LogP) is 4.32. The number of thioether (sulfide) groups is 1. The fraction of sp³-hybridized carbons (Fsp3) is 0.533. The number of carbonyl (C=O) groups is 1. The van der Waals surface area contributed by atoms with Crippen molar-refractivity contribution in [2.45, 2.75) is 32.1 Å². The van der Waals surface area contributed by atoms with Gasteiger partial charge in [-0.15, -0.1) is 0 Å². The minimum atomic E-state index is -0.732. The monoisotopic (exact) mass is 342 g/mol. The summed E-state index contributed by atoms with van der Waals surface area (Å²) in [7, 11) is 0. The van der Waals surface area contributed by atoms with E-state index in [1.807, 2.05) is 11.8 Å². The number of halogens is 1. The van der Waals surface area contributed by atoms with Crippen LogP contribution in [-0.2, 0) is 11.2 Å². The van der Waals surface area contributed by atoms with Crippen molar-refractivity contribution < 1.29 is 9.90 Å². The molecule has 1 aliphatic rings. The molecule has 0 saturated carbocycles. The molecule has 0 radical (unpaired) electrons. The number of hydrogen-bond acceptors (Lipinski definition) is 2. The van der Waals surface area contributed by atoms with E-state index in [1.165, 1.54) is 29.9 Å². The van der Waals surface area contributed by atoms with Gasteiger partial charge in [-0.25, -0.2) is 0 Å². The maximum absolute atomic E-state index is 10.9. The minimum Gasteiger partial charge on any atom is -0.481 e. The van der Waals surface area contributed by atoms with E-state index in [9.17, 15) is 4.79 Å². The molecule has 1 saturated heterocycles. The Balaban J connectivity index is 2.10. The molecule has 4 heteroatoms. The van der Waals surface area contributed by atoms with Crippen molar-refractivity contribution in [3.8, 4) is 0 Å². The van der Waals surface area contributed by atoms with Crippen molar-refractivity contribution >= 4 is 33.7 Å². The molecular weight excluding hydrogens is 324 g/mol. The summed E-state index contributed by atoms with van der Waals surface area (Å²) in [5.74, 6) is 2.08. The third-order valence-corrected chi connectivity index (χ3v) is 5.42. The van der Waals surface area contributed by atoms with Crippen LogP contribution in [0.4, 0.5) is 0 Å². The molecule has 104 valence electrons. The van der Waals surface area contributed by atoms with Gasteiger partial charge in [-0.1, -0.05) is 35.0 Å². The lowest BCUT2D eigenvalue weighted by molar-refractivity contribution is -0.141. The van der Waals surface area contributed by atoms with E-state index in [0.29, 0.717) is 12.3 Å². The number of aliphatic carboxylic acids is 1. The van der Waals surface area contributed by atoms with Crippen LogP contribution in [0.15, 0.2) is 22.7 Å². The fourth-order valence-corrected chi connectivity index (χ4v) is 4.33. The first-order chi connectivity index (χ1) is 9.08. The van der Waals surface area contributed by atoms with E-state index < -0.39 is 5.97 Å². The molecule has 1 atom stereocenters. The number of rotatable bonds is 4. The SMILES string of the molecule is CC(Cc1ccc(C2CCSCC2)c(Br)c1)C(=O)O. The molecule has 2 rings (SSSR count). The Kier molecular flexibility index (Phi) is 5.34. The van der Waals surface area contributed by atoms with E-state index in [4.69, 9.17) is 5.11 Å². The Hall–Kier alpha value is -0.480. The lowest BCUT2D eigenvalue weighted by Gasteiger charge is -2.23. The Labute approximate surface area is 127 Å². The lowest BCUT2D eigenvalue weighted by Crippen LogP contribution is -2.13. The highest BCUT2D eigenvalue weighted by atomic mass is 79.9. The van der Waals surface area contributed by atoms with Crippen molar-refractivity contribution in [2.24, 2.45) is 5.92 Å². The Morgan fingerprint density at radius 3 is 2.74 bits per heavy atom. The maximum atomic E-state index is 10.9. The molecule has 1 aromatic carbocycles. The Bertz CT molecular complexity index is 455. The lowest BCUT2D eigenvalue weighted by atomic mass is 9.91. The van der Waals surface area contributed by atoms with Gasteiger partial charge in [0.05, 0.1) is 5.92 Å². The fourth-order valence-electron chi connectivity index (χ4n) is 2.48. The van der Waals surface area contributed by atoms with Crippen LogP contribution < -0.4 is 0 Å². The van der Waals surface area contributed by atoms with Gasteiger partial charge < -0.3 is 5.11 Å². The van der Waals surface area contributed by atoms with Crippen LogP contribution in [0.3, 0.4) is 0 Å². The first kappa shape index (κ1) is 14.9. The van der Waals surface area contributed by atoms with Crippen LogP contribution in [0.1, 0.15) is 36.8 Å². The van der Waals surface area contributed by atoms with Gasteiger partial charge in [0.2, 0.25) is 0 Å². The predicted molar refractivity (Wildman–Crippen MR) is 83.9 cm³/mol. The quantitative estimate of drug-likeness (QED) is 0.885. The third kappa shape index (κ3) is 3.99. The first-order valence-corrected chi connectivity index (χ1v) is 8.61. The average molecular weight is 343 g/mol. The van der Waals surface area contributed by atoms with E-state index >= 15 is 0 Å². The summed E-state index contributed by atoms with van der Waals surface area (Å²) in [5, 5.41) is 8.96. The molecule has 1 aliphatic heterocycles. The summed E-state index contributed by atoms with van der Waals surface area (Å²) >= 11 is 5.69. The average Bonchev–Trinajstić information content (AvgIpc) is 2.39. The maximum Gasteiger partial charge on any atom is 0.306 e. The van der Waals surface area contributed by atoms with E-state index in [2.05, 4.69) is 34.1 Å². The molecule has 2 nitrogen and oxygen atoms in total. The van der Waals surface area contributed by atoms with Gasteiger partial charge in [0.15, 0.2) is 0 Å². The molecule has 0 spiro atoms. The second kappa shape index (κ2) is 6.80. The second-order valence-corrected chi connectivity index (χ2v) is 7.27. The summed E-state index contributed by atoms with van der Waals surface area (Å²) in [6.45, 7) is 1.75. The standard InChI is InChI=1S/C15H19BrO2S/c1-10(15(17)18)8-11-2-3-13(14(16)9-11)12-4-6-19-7-5-12/h2-3,9-10,12H,4-8H2,1H3,(H,17,18). The molecule has 0 bridgehead atoms. The largest absolute Gasteiger partial charge is 0.481 e. The summed E-state index contributed by atoms with van der Waals surface area (Å²) in [4.78, 5) is 10.9. The molecule has 19 heavy (non-hydrogen) atoms. The van der Waals surface area contributed by atoms with Crippen LogP contribution in [-0.4, -0.2) is 22.6 Å². The molecule has 0 amide bonds. The zero-order chi connectivity index (χ0) is 13.8. The summed E-state index contributed by atoms with van der Waals surface area (Å²) < 4.78 is 1.14. The smallest absolute Gasteiger partial charge is 0.306 e. The van der Waals surface area contributed by atoms with Crippen LogP contribution in [0.5, 0.6) is 0 Å². The van der Waals surface area contributed by atoms with Crippen molar-refractivity contribution in [3.05, 3.63) is 33.8 Å². The van der Waals surface area contributed by atoms with Gasteiger partial charge in [-0.2, -0.15) is 11.8 Å². The van der Waals surface area contributed by atoms with E-state index in [-0.39, 0.29) is 5.92 Å². The second-order valence-electron chi connectivity index (χ2n) is 5.19. The van der Waals surface area contributed by atoms with Crippen LogP contribution >= 0.6 is 27.7 Å². The number of hydrogen-bond donors (Lipinski definition) is 1. The molecule has 1 fully saturated rings. The minimum absolute atomic E-state index is 0.330. The van der Waals surface area contributed by atoms with Gasteiger partial charge in [-0.3, -0.25) is 4.79 Å². The molecule has 1 N–H and O–H groups in total. The Morgan fingerprint density at radius 2 is 2.16 bits per heavy atom. The molecule has 1 aromatic rings. The highest BCUT2D eigenvalue weighted by Gasteiger charge is 2.19.